The molecule has 1 heteroatoms. The Morgan fingerprint density at radius 2 is 1.67 bits per heavy atom. The molecule has 0 bridgehead atoms. The molecule has 0 fully saturated rings. The highest BCUT2D eigenvalue weighted by Gasteiger charge is 2.28. The van der Waals surface area contributed by atoms with Crippen molar-refractivity contribution >= 4 is 13.3 Å². The fourth-order valence-electron chi connectivity index (χ4n) is 1.84. The molecule has 0 aliphatic carbocycles. The standard InChI is InChI=1S/C14H22Si/c1-12(2)11-13(3)15(4,5)14-9-7-6-8-10-14/h6-11,13H,1-5H3. The number of benzene rings is 1. The quantitative estimate of drug-likeness (QED) is 0.532. The van der Waals surface area contributed by atoms with Crippen molar-refractivity contribution in [2.45, 2.75) is 39.4 Å². The number of hydrogen-bond acceptors (Lipinski definition) is 0. The molecule has 1 aromatic carbocycles. The van der Waals surface area contributed by atoms with E-state index in [2.05, 4.69) is 70.3 Å². The van der Waals surface area contributed by atoms with Crippen molar-refractivity contribution in [3.63, 3.8) is 0 Å². The maximum Gasteiger partial charge on any atom is 0.0871 e. The minimum absolute atomic E-state index is 0.699. The van der Waals surface area contributed by atoms with Crippen LogP contribution in [0.5, 0.6) is 0 Å². The van der Waals surface area contributed by atoms with Gasteiger partial charge in [-0.2, -0.15) is 0 Å². The van der Waals surface area contributed by atoms with E-state index in [0.29, 0.717) is 5.54 Å². The van der Waals surface area contributed by atoms with Gasteiger partial charge in [-0.15, -0.1) is 0 Å². The highest BCUT2D eigenvalue weighted by molar-refractivity contribution is 6.91. The Morgan fingerprint density at radius 1 is 1.13 bits per heavy atom. The minimum atomic E-state index is -1.32. The predicted molar refractivity (Wildman–Crippen MR) is 72.4 cm³/mol. The topological polar surface area (TPSA) is 0 Å². The SMILES string of the molecule is CC(C)=CC(C)[Si](C)(C)c1ccccc1. The van der Waals surface area contributed by atoms with Gasteiger partial charge < -0.3 is 0 Å². The van der Waals surface area contributed by atoms with E-state index < -0.39 is 8.07 Å². The van der Waals surface area contributed by atoms with Crippen molar-refractivity contribution in [1.82, 2.24) is 0 Å². The van der Waals surface area contributed by atoms with Gasteiger partial charge in [0.2, 0.25) is 0 Å². The number of rotatable bonds is 3. The Hall–Kier alpha value is -0.823. The summed E-state index contributed by atoms with van der Waals surface area (Å²) in [5, 5.41) is 1.55. The van der Waals surface area contributed by atoms with Gasteiger partial charge in [0, 0.05) is 0 Å². The zero-order valence-corrected chi connectivity index (χ0v) is 11.5. The van der Waals surface area contributed by atoms with Crippen molar-refractivity contribution in [2.24, 2.45) is 0 Å². The van der Waals surface area contributed by atoms with Crippen LogP contribution in [-0.2, 0) is 0 Å². The second kappa shape index (κ2) is 4.80. The van der Waals surface area contributed by atoms with E-state index in [1.807, 2.05) is 0 Å². The van der Waals surface area contributed by atoms with E-state index >= 15 is 0 Å². The van der Waals surface area contributed by atoms with Crippen LogP contribution in [0.1, 0.15) is 20.8 Å². The Balaban J connectivity index is 2.97. The molecule has 0 aliphatic heterocycles. The molecule has 15 heavy (non-hydrogen) atoms. The molecule has 0 saturated heterocycles. The van der Waals surface area contributed by atoms with Gasteiger partial charge in [0.15, 0.2) is 0 Å². The van der Waals surface area contributed by atoms with Gasteiger partial charge in [-0.3, -0.25) is 0 Å². The van der Waals surface area contributed by atoms with Crippen LogP contribution < -0.4 is 5.19 Å². The molecular formula is C14H22Si. The van der Waals surface area contributed by atoms with E-state index in [1.165, 1.54) is 5.57 Å². The van der Waals surface area contributed by atoms with Gasteiger partial charge in [-0.1, -0.05) is 67.2 Å². The molecule has 0 radical (unpaired) electrons. The molecule has 0 aliphatic rings. The van der Waals surface area contributed by atoms with Gasteiger partial charge in [0.25, 0.3) is 0 Å². The second-order valence-electron chi connectivity index (χ2n) is 5.12. The van der Waals surface area contributed by atoms with Crippen LogP contribution in [-0.4, -0.2) is 8.07 Å². The van der Waals surface area contributed by atoms with Crippen molar-refractivity contribution in [3.8, 4) is 0 Å². The third-order valence-corrected chi connectivity index (χ3v) is 7.50. The first-order valence-electron chi connectivity index (χ1n) is 5.65. The number of hydrogen-bond donors (Lipinski definition) is 0. The Morgan fingerprint density at radius 3 is 2.13 bits per heavy atom. The first-order valence-corrected chi connectivity index (χ1v) is 8.73. The largest absolute Gasteiger partial charge is 0.0871 e. The Bertz CT molecular complexity index is 332. The summed E-state index contributed by atoms with van der Waals surface area (Å²) >= 11 is 0. The van der Waals surface area contributed by atoms with E-state index in [-0.39, 0.29) is 0 Å². The molecule has 1 atom stereocenters. The average Bonchev–Trinajstić information content (AvgIpc) is 2.18. The maximum atomic E-state index is 2.45. The molecule has 1 aromatic rings. The lowest BCUT2D eigenvalue weighted by atomic mass is 10.3. The average molecular weight is 218 g/mol. The zero-order chi connectivity index (χ0) is 11.5. The predicted octanol–water partition coefficient (Wildman–Crippen LogP) is 3.96. The lowest BCUT2D eigenvalue weighted by molar-refractivity contribution is 1.11. The summed E-state index contributed by atoms with van der Waals surface area (Å²) in [6.45, 7) is 11.6. The van der Waals surface area contributed by atoms with Crippen LogP contribution in [0.4, 0.5) is 0 Å². The molecular weight excluding hydrogens is 196 g/mol. The Labute approximate surface area is 95.0 Å². The molecule has 82 valence electrons. The first kappa shape index (κ1) is 12.2. The fraction of sp³-hybridized carbons (Fsp3) is 0.429. The van der Waals surface area contributed by atoms with Crippen molar-refractivity contribution in [3.05, 3.63) is 42.0 Å². The molecule has 1 unspecified atom stereocenters. The van der Waals surface area contributed by atoms with Gasteiger partial charge in [0.05, 0.1) is 8.07 Å². The molecule has 0 saturated carbocycles. The molecule has 0 nitrogen and oxygen atoms in total. The molecule has 0 aromatic heterocycles. The van der Waals surface area contributed by atoms with E-state index in [9.17, 15) is 0 Å². The first-order chi connectivity index (χ1) is 6.94. The van der Waals surface area contributed by atoms with Gasteiger partial charge >= 0.3 is 0 Å². The Kier molecular flexibility index (Phi) is 3.92. The summed E-state index contributed by atoms with van der Waals surface area (Å²) in [7, 11) is -1.32. The molecule has 0 amide bonds. The zero-order valence-electron chi connectivity index (χ0n) is 10.5. The fourth-order valence-corrected chi connectivity index (χ4v) is 4.17. The van der Waals surface area contributed by atoms with Crippen LogP contribution in [0, 0.1) is 0 Å². The van der Waals surface area contributed by atoms with E-state index in [0.717, 1.165) is 0 Å². The highest BCUT2D eigenvalue weighted by Crippen LogP contribution is 2.23. The van der Waals surface area contributed by atoms with Gasteiger partial charge in [-0.25, -0.2) is 0 Å². The van der Waals surface area contributed by atoms with Crippen LogP contribution in [0.15, 0.2) is 42.0 Å². The monoisotopic (exact) mass is 218 g/mol. The third-order valence-electron chi connectivity index (χ3n) is 3.24. The van der Waals surface area contributed by atoms with Crippen LogP contribution in [0.2, 0.25) is 18.6 Å². The summed E-state index contributed by atoms with van der Waals surface area (Å²) in [5.74, 6) is 0. The summed E-state index contributed by atoms with van der Waals surface area (Å²) in [6.07, 6.45) is 2.42. The maximum absolute atomic E-state index is 2.45. The molecule has 0 heterocycles. The van der Waals surface area contributed by atoms with Gasteiger partial charge in [-0.05, 0) is 19.4 Å². The smallest absolute Gasteiger partial charge is 0.0854 e. The summed E-state index contributed by atoms with van der Waals surface area (Å²) in [5.41, 5.74) is 2.13. The minimum Gasteiger partial charge on any atom is -0.0854 e. The van der Waals surface area contributed by atoms with Gasteiger partial charge in [0.1, 0.15) is 0 Å². The summed E-state index contributed by atoms with van der Waals surface area (Å²) < 4.78 is 0. The van der Waals surface area contributed by atoms with Crippen LogP contribution in [0.25, 0.3) is 0 Å². The van der Waals surface area contributed by atoms with Crippen molar-refractivity contribution in [2.75, 3.05) is 0 Å². The van der Waals surface area contributed by atoms with Crippen molar-refractivity contribution < 1.29 is 0 Å². The van der Waals surface area contributed by atoms with Crippen LogP contribution >= 0.6 is 0 Å². The highest BCUT2D eigenvalue weighted by atomic mass is 28.3. The lowest BCUT2D eigenvalue weighted by Crippen LogP contribution is -2.44. The second-order valence-corrected chi connectivity index (χ2v) is 10.1. The summed E-state index contributed by atoms with van der Waals surface area (Å²) in [4.78, 5) is 0. The third kappa shape index (κ3) is 3.06. The van der Waals surface area contributed by atoms with E-state index in [1.54, 1.807) is 5.19 Å². The summed E-state index contributed by atoms with van der Waals surface area (Å²) in [6, 6.07) is 11.0. The number of allylic oxidation sites excluding steroid dienone is 2. The normalized spacial score (nSPS) is 13.4. The molecule has 1 rings (SSSR count). The lowest BCUT2D eigenvalue weighted by Gasteiger charge is -2.28. The molecule has 0 N–H and O–H groups in total. The van der Waals surface area contributed by atoms with Crippen molar-refractivity contribution in [1.29, 1.82) is 0 Å². The van der Waals surface area contributed by atoms with E-state index in [4.69, 9.17) is 0 Å². The molecule has 0 spiro atoms. The van der Waals surface area contributed by atoms with Crippen LogP contribution in [0.3, 0.4) is 0 Å².